The van der Waals surface area contributed by atoms with E-state index in [9.17, 15) is 0 Å². The number of aromatic amines is 1. The molecule has 0 aliphatic carbocycles. The average molecular weight is 203 g/mol. The second-order valence-electron chi connectivity index (χ2n) is 4.52. The minimum Gasteiger partial charge on any atom is -0.346 e. The van der Waals surface area contributed by atoms with Crippen molar-refractivity contribution >= 4 is 11.0 Å². The second-order valence-corrected chi connectivity index (χ2v) is 4.52. The molecule has 1 N–H and O–H groups in total. The Balaban J connectivity index is 2.69. The molecule has 15 heavy (non-hydrogen) atoms. The van der Waals surface area contributed by atoms with Gasteiger partial charge in [0.25, 0.3) is 0 Å². The van der Waals surface area contributed by atoms with Gasteiger partial charge >= 0.3 is 0 Å². The number of aromatic nitrogens is 3. The van der Waals surface area contributed by atoms with Gasteiger partial charge in [-0.3, -0.25) is 0 Å². The highest BCUT2D eigenvalue weighted by atomic mass is 15.0. The molecule has 0 aliphatic heterocycles. The van der Waals surface area contributed by atoms with Crippen molar-refractivity contribution in [3.05, 3.63) is 23.8 Å². The number of nitrogens with zero attached hydrogens (tertiary/aromatic N) is 2. The van der Waals surface area contributed by atoms with Gasteiger partial charge in [0.05, 0.1) is 5.69 Å². The van der Waals surface area contributed by atoms with Gasteiger partial charge in [-0.15, -0.1) is 0 Å². The maximum atomic E-state index is 4.64. The summed E-state index contributed by atoms with van der Waals surface area (Å²) < 4.78 is 0. The van der Waals surface area contributed by atoms with E-state index >= 15 is 0 Å². The summed E-state index contributed by atoms with van der Waals surface area (Å²) in [4.78, 5) is 12.3. The van der Waals surface area contributed by atoms with E-state index in [0.29, 0.717) is 11.8 Å². The first-order chi connectivity index (χ1) is 7.09. The number of hydrogen-bond donors (Lipinski definition) is 1. The standard InChI is InChI=1S/C12H17N3/c1-7(2)10-9-5-6-13-12(9)15-11(14-10)8(3)4/h5-8H,1-4H3,(H,13,14,15). The summed E-state index contributed by atoms with van der Waals surface area (Å²) in [5, 5.41) is 1.15. The van der Waals surface area contributed by atoms with Gasteiger partial charge in [-0.25, -0.2) is 9.97 Å². The monoisotopic (exact) mass is 203 g/mol. The number of fused-ring (bicyclic) bond motifs is 1. The second kappa shape index (κ2) is 3.65. The highest BCUT2D eigenvalue weighted by Gasteiger charge is 2.12. The summed E-state index contributed by atoms with van der Waals surface area (Å²) >= 11 is 0. The molecule has 0 spiro atoms. The zero-order valence-corrected chi connectivity index (χ0v) is 9.70. The van der Waals surface area contributed by atoms with Crippen molar-refractivity contribution in [3.8, 4) is 0 Å². The summed E-state index contributed by atoms with van der Waals surface area (Å²) in [6.45, 7) is 8.57. The summed E-state index contributed by atoms with van der Waals surface area (Å²) in [5.41, 5.74) is 2.10. The van der Waals surface area contributed by atoms with Crippen LogP contribution in [0.25, 0.3) is 11.0 Å². The number of nitrogens with one attached hydrogen (secondary N) is 1. The van der Waals surface area contributed by atoms with E-state index in [1.54, 1.807) is 0 Å². The maximum Gasteiger partial charge on any atom is 0.141 e. The molecule has 2 aromatic heterocycles. The predicted octanol–water partition coefficient (Wildman–Crippen LogP) is 3.20. The van der Waals surface area contributed by atoms with E-state index in [1.807, 2.05) is 6.20 Å². The van der Waals surface area contributed by atoms with Crippen molar-refractivity contribution in [1.29, 1.82) is 0 Å². The molecule has 0 fully saturated rings. The molecule has 80 valence electrons. The van der Waals surface area contributed by atoms with Crippen LogP contribution in [-0.4, -0.2) is 15.0 Å². The van der Waals surface area contributed by atoms with Crippen molar-refractivity contribution in [2.45, 2.75) is 39.5 Å². The number of rotatable bonds is 2. The average Bonchev–Trinajstić information content (AvgIpc) is 2.62. The van der Waals surface area contributed by atoms with E-state index in [0.717, 1.165) is 22.6 Å². The molecule has 0 bridgehead atoms. The van der Waals surface area contributed by atoms with Gasteiger partial charge in [-0.05, 0) is 12.0 Å². The molecule has 0 saturated carbocycles. The summed E-state index contributed by atoms with van der Waals surface area (Å²) in [7, 11) is 0. The highest BCUT2D eigenvalue weighted by Crippen LogP contribution is 2.23. The number of hydrogen-bond acceptors (Lipinski definition) is 2. The molecule has 0 radical (unpaired) electrons. The van der Waals surface area contributed by atoms with Gasteiger partial charge in [0.1, 0.15) is 11.5 Å². The van der Waals surface area contributed by atoms with E-state index in [1.165, 1.54) is 0 Å². The molecule has 2 rings (SSSR count). The van der Waals surface area contributed by atoms with Gasteiger partial charge in [0, 0.05) is 17.5 Å². The molecule has 2 heterocycles. The van der Waals surface area contributed by atoms with Crippen LogP contribution in [0, 0.1) is 0 Å². The SMILES string of the molecule is CC(C)c1nc(C(C)C)c2cc[nH]c2n1. The molecule has 0 atom stereocenters. The zero-order valence-electron chi connectivity index (χ0n) is 9.70. The Morgan fingerprint density at radius 2 is 1.80 bits per heavy atom. The van der Waals surface area contributed by atoms with E-state index in [4.69, 9.17) is 0 Å². The van der Waals surface area contributed by atoms with Crippen LogP contribution in [0.5, 0.6) is 0 Å². The molecule has 0 aliphatic rings. The van der Waals surface area contributed by atoms with Crippen LogP contribution < -0.4 is 0 Å². The molecule has 0 saturated heterocycles. The smallest absolute Gasteiger partial charge is 0.141 e. The van der Waals surface area contributed by atoms with Crippen molar-refractivity contribution in [2.24, 2.45) is 0 Å². The largest absolute Gasteiger partial charge is 0.346 e. The molecule has 2 aromatic rings. The van der Waals surface area contributed by atoms with Crippen LogP contribution in [0.1, 0.15) is 51.0 Å². The Morgan fingerprint density at radius 1 is 1.07 bits per heavy atom. The molecular weight excluding hydrogens is 186 g/mol. The summed E-state index contributed by atoms with van der Waals surface area (Å²) in [6, 6.07) is 2.05. The normalized spacial score (nSPS) is 11.9. The minimum atomic E-state index is 0.371. The van der Waals surface area contributed by atoms with Crippen LogP contribution in [0.2, 0.25) is 0 Å². The molecular formula is C12H17N3. The van der Waals surface area contributed by atoms with E-state index in [2.05, 4.69) is 48.7 Å². The van der Waals surface area contributed by atoms with Crippen LogP contribution in [0.4, 0.5) is 0 Å². The van der Waals surface area contributed by atoms with Gasteiger partial charge in [-0.2, -0.15) is 0 Å². The predicted molar refractivity (Wildman–Crippen MR) is 62.1 cm³/mol. The highest BCUT2D eigenvalue weighted by molar-refractivity contribution is 5.78. The molecule has 3 nitrogen and oxygen atoms in total. The van der Waals surface area contributed by atoms with Gasteiger partial charge in [0.15, 0.2) is 0 Å². The zero-order chi connectivity index (χ0) is 11.0. The Bertz CT molecular complexity index is 469. The Morgan fingerprint density at radius 3 is 2.40 bits per heavy atom. The van der Waals surface area contributed by atoms with E-state index < -0.39 is 0 Å². The van der Waals surface area contributed by atoms with Crippen LogP contribution in [0.15, 0.2) is 12.3 Å². The lowest BCUT2D eigenvalue weighted by Crippen LogP contribution is -2.03. The van der Waals surface area contributed by atoms with Crippen molar-refractivity contribution < 1.29 is 0 Å². The Hall–Kier alpha value is -1.38. The fourth-order valence-electron chi connectivity index (χ4n) is 1.68. The number of H-pyrrole nitrogens is 1. The van der Waals surface area contributed by atoms with Crippen molar-refractivity contribution in [3.63, 3.8) is 0 Å². The fourth-order valence-corrected chi connectivity index (χ4v) is 1.68. The third-order valence-corrected chi connectivity index (χ3v) is 2.53. The van der Waals surface area contributed by atoms with Gasteiger partial charge < -0.3 is 4.98 Å². The summed E-state index contributed by atoms with van der Waals surface area (Å²) in [6.07, 6.45) is 1.93. The maximum absolute atomic E-state index is 4.64. The van der Waals surface area contributed by atoms with Crippen LogP contribution in [0.3, 0.4) is 0 Å². The molecule has 0 amide bonds. The third kappa shape index (κ3) is 1.74. The van der Waals surface area contributed by atoms with Crippen molar-refractivity contribution in [1.82, 2.24) is 15.0 Å². The topological polar surface area (TPSA) is 41.6 Å². The molecule has 3 heteroatoms. The first-order valence-corrected chi connectivity index (χ1v) is 5.44. The van der Waals surface area contributed by atoms with Crippen LogP contribution in [-0.2, 0) is 0 Å². The van der Waals surface area contributed by atoms with Gasteiger partial charge in [0.2, 0.25) is 0 Å². The van der Waals surface area contributed by atoms with Crippen LogP contribution >= 0.6 is 0 Å². The first kappa shape index (κ1) is 10.1. The molecule has 0 unspecified atom stereocenters. The minimum absolute atomic E-state index is 0.371. The lowest BCUT2D eigenvalue weighted by molar-refractivity contribution is 0.742. The Kier molecular flexibility index (Phi) is 2.47. The quantitative estimate of drug-likeness (QED) is 0.814. The van der Waals surface area contributed by atoms with Gasteiger partial charge in [-0.1, -0.05) is 27.7 Å². The lowest BCUT2D eigenvalue weighted by atomic mass is 10.1. The third-order valence-electron chi connectivity index (χ3n) is 2.53. The van der Waals surface area contributed by atoms with Crippen molar-refractivity contribution in [2.75, 3.05) is 0 Å². The fraction of sp³-hybridized carbons (Fsp3) is 0.500. The summed E-state index contributed by atoms with van der Waals surface area (Å²) in [5.74, 6) is 1.73. The molecule has 0 aromatic carbocycles. The lowest BCUT2D eigenvalue weighted by Gasteiger charge is -2.10. The Labute approximate surface area is 90.0 Å². The van der Waals surface area contributed by atoms with E-state index in [-0.39, 0.29) is 0 Å². The first-order valence-electron chi connectivity index (χ1n) is 5.44.